The highest BCUT2D eigenvalue weighted by Crippen LogP contribution is 2.28. The Hall–Kier alpha value is -1.78. The molecule has 0 atom stereocenters. The molecule has 0 aliphatic rings. The standard InChI is InChI=1S/C12H11F3N2/c1-2-4-16-12-10-7(3-5-17-12)8(13)6-9(14)11(10)15/h3,5-6H,2,4H2,1H3,(H,16,17). The van der Waals surface area contributed by atoms with E-state index in [0.29, 0.717) is 12.6 Å². The molecule has 2 aromatic rings. The molecule has 2 nitrogen and oxygen atoms in total. The fourth-order valence-electron chi connectivity index (χ4n) is 1.63. The lowest BCUT2D eigenvalue weighted by Gasteiger charge is -2.09. The molecule has 0 aliphatic carbocycles. The SMILES string of the molecule is CCCNc1nccc2c(F)cc(F)c(F)c12. The lowest BCUT2D eigenvalue weighted by atomic mass is 10.1. The van der Waals surface area contributed by atoms with Crippen LogP contribution in [0.1, 0.15) is 13.3 Å². The molecule has 1 heterocycles. The van der Waals surface area contributed by atoms with Crippen molar-refractivity contribution in [1.29, 1.82) is 0 Å². The van der Waals surface area contributed by atoms with Gasteiger partial charge in [0, 0.05) is 24.2 Å². The van der Waals surface area contributed by atoms with Crippen molar-refractivity contribution >= 4 is 16.6 Å². The van der Waals surface area contributed by atoms with E-state index in [0.717, 1.165) is 6.42 Å². The van der Waals surface area contributed by atoms with Gasteiger partial charge in [0.1, 0.15) is 11.6 Å². The van der Waals surface area contributed by atoms with Crippen molar-refractivity contribution in [3.8, 4) is 0 Å². The number of rotatable bonds is 3. The van der Waals surface area contributed by atoms with E-state index >= 15 is 0 Å². The average Bonchev–Trinajstić information content (AvgIpc) is 2.33. The molecular weight excluding hydrogens is 229 g/mol. The van der Waals surface area contributed by atoms with E-state index in [-0.39, 0.29) is 16.6 Å². The van der Waals surface area contributed by atoms with Gasteiger partial charge < -0.3 is 5.32 Å². The van der Waals surface area contributed by atoms with Gasteiger partial charge >= 0.3 is 0 Å². The van der Waals surface area contributed by atoms with Gasteiger partial charge in [-0.05, 0) is 12.5 Å². The van der Waals surface area contributed by atoms with E-state index in [4.69, 9.17) is 0 Å². The van der Waals surface area contributed by atoms with Crippen LogP contribution in [0.4, 0.5) is 19.0 Å². The van der Waals surface area contributed by atoms with Gasteiger partial charge in [-0.3, -0.25) is 0 Å². The third-order valence-corrected chi connectivity index (χ3v) is 2.43. The number of hydrogen-bond acceptors (Lipinski definition) is 2. The van der Waals surface area contributed by atoms with Crippen LogP contribution in [0.5, 0.6) is 0 Å². The molecule has 0 amide bonds. The molecule has 1 aromatic heterocycles. The van der Waals surface area contributed by atoms with Crippen molar-refractivity contribution in [2.24, 2.45) is 0 Å². The fraction of sp³-hybridized carbons (Fsp3) is 0.250. The van der Waals surface area contributed by atoms with Crippen LogP contribution in [-0.4, -0.2) is 11.5 Å². The molecule has 1 aromatic carbocycles. The van der Waals surface area contributed by atoms with Gasteiger partial charge in [0.05, 0.1) is 5.39 Å². The lowest BCUT2D eigenvalue weighted by Crippen LogP contribution is -2.04. The Morgan fingerprint density at radius 1 is 1.24 bits per heavy atom. The number of nitrogens with one attached hydrogen (secondary N) is 1. The fourth-order valence-corrected chi connectivity index (χ4v) is 1.63. The summed E-state index contributed by atoms with van der Waals surface area (Å²) < 4.78 is 40.3. The van der Waals surface area contributed by atoms with Gasteiger partial charge in [0.15, 0.2) is 11.6 Å². The molecule has 17 heavy (non-hydrogen) atoms. The summed E-state index contributed by atoms with van der Waals surface area (Å²) in [6, 6.07) is 1.87. The number of halogens is 3. The molecule has 1 N–H and O–H groups in total. The van der Waals surface area contributed by atoms with Gasteiger partial charge in [-0.1, -0.05) is 6.92 Å². The summed E-state index contributed by atoms with van der Waals surface area (Å²) >= 11 is 0. The summed E-state index contributed by atoms with van der Waals surface area (Å²) in [5.41, 5.74) is 0. The van der Waals surface area contributed by atoms with E-state index in [1.54, 1.807) is 0 Å². The predicted octanol–water partition coefficient (Wildman–Crippen LogP) is 3.47. The Kier molecular flexibility index (Phi) is 3.17. The van der Waals surface area contributed by atoms with Gasteiger partial charge in [-0.15, -0.1) is 0 Å². The minimum Gasteiger partial charge on any atom is -0.369 e. The van der Waals surface area contributed by atoms with Crippen LogP contribution in [0, 0.1) is 17.5 Å². The third kappa shape index (κ3) is 2.05. The Morgan fingerprint density at radius 3 is 2.71 bits per heavy atom. The molecule has 2 rings (SSSR count). The number of benzene rings is 1. The van der Waals surface area contributed by atoms with Crippen LogP contribution in [0.15, 0.2) is 18.3 Å². The first-order chi connectivity index (χ1) is 8.15. The average molecular weight is 240 g/mol. The minimum atomic E-state index is -1.21. The van der Waals surface area contributed by atoms with E-state index < -0.39 is 17.5 Å². The van der Waals surface area contributed by atoms with Gasteiger partial charge in [0.2, 0.25) is 0 Å². The van der Waals surface area contributed by atoms with Crippen LogP contribution < -0.4 is 5.32 Å². The van der Waals surface area contributed by atoms with Gasteiger partial charge in [-0.2, -0.15) is 0 Å². The second-order valence-electron chi connectivity index (χ2n) is 3.66. The van der Waals surface area contributed by atoms with E-state index in [1.807, 2.05) is 6.92 Å². The number of nitrogens with zero attached hydrogens (tertiary/aromatic N) is 1. The first-order valence-corrected chi connectivity index (χ1v) is 5.31. The second-order valence-corrected chi connectivity index (χ2v) is 3.66. The zero-order chi connectivity index (χ0) is 12.4. The third-order valence-electron chi connectivity index (χ3n) is 2.43. The van der Waals surface area contributed by atoms with Crippen LogP contribution in [0.25, 0.3) is 10.8 Å². The molecular formula is C12H11F3N2. The zero-order valence-electron chi connectivity index (χ0n) is 9.23. The summed E-state index contributed by atoms with van der Waals surface area (Å²) in [6.07, 6.45) is 2.16. The quantitative estimate of drug-likeness (QED) is 0.831. The summed E-state index contributed by atoms with van der Waals surface area (Å²) in [5, 5.41) is 2.73. The topological polar surface area (TPSA) is 24.9 Å². The zero-order valence-corrected chi connectivity index (χ0v) is 9.23. The highest BCUT2D eigenvalue weighted by Gasteiger charge is 2.15. The van der Waals surface area contributed by atoms with Crippen LogP contribution in [0.2, 0.25) is 0 Å². The summed E-state index contributed by atoms with van der Waals surface area (Å²) in [6.45, 7) is 2.49. The van der Waals surface area contributed by atoms with E-state index in [1.165, 1.54) is 12.3 Å². The molecule has 0 fully saturated rings. The maximum absolute atomic E-state index is 13.6. The monoisotopic (exact) mass is 240 g/mol. The molecule has 90 valence electrons. The number of fused-ring (bicyclic) bond motifs is 1. The molecule has 5 heteroatoms. The van der Waals surface area contributed by atoms with Crippen molar-refractivity contribution < 1.29 is 13.2 Å². The molecule has 0 saturated carbocycles. The van der Waals surface area contributed by atoms with E-state index in [2.05, 4.69) is 10.3 Å². The molecule has 0 unspecified atom stereocenters. The minimum absolute atomic E-state index is 0.0255. The second kappa shape index (κ2) is 4.61. The first-order valence-electron chi connectivity index (χ1n) is 5.31. The summed E-state index contributed by atoms with van der Waals surface area (Å²) in [5.74, 6) is -2.91. The number of anilines is 1. The number of pyridine rings is 1. The maximum Gasteiger partial charge on any atom is 0.170 e. The maximum atomic E-state index is 13.6. The molecule has 0 bridgehead atoms. The predicted molar refractivity (Wildman–Crippen MR) is 60.4 cm³/mol. The van der Waals surface area contributed by atoms with Crippen molar-refractivity contribution in [2.45, 2.75) is 13.3 Å². The van der Waals surface area contributed by atoms with Gasteiger partial charge in [-0.25, -0.2) is 18.2 Å². The molecule has 0 spiro atoms. The highest BCUT2D eigenvalue weighted by atomic mass is 19.2. The lowest BCUT2D eigenvalue weighted by molar-refractivity contribution is 0.505. The van der Waals surface area contributed by atoms with Crippen LogP contribution in [-0.2, 0) is 0 Å². The van der Waals surface area contributed by atoms with Crippen molar-refractivity contribution in [3.63, 3.8) is 0 Å². The Morgan fingerprint density at radius 2 is 2.00 bits per heavy atom. The molecule has 0 saturated heterocycles. The van der Waals surface area contributed by atoms with Crippen LogP contribution >= 0.6 is 0 Å². The number of hydrogen-bond donors (Lipinski definition) is 1. The Bertz CT molecular complexity index is 555. The van der Waals surface area contributed by atoms with Crippen molar-refractivity contribution in [3.05, 3.63) is 35.8 Å². The van der Waals surface area contributed by atoms with Gasteiger partial charge in [0.25, 0.3) is 0 Å². The first kappa shape index (κ1) is 11.7. The smallest absolute Gasteiger partial charge is 0.170 e. The van der Waals surface area contributed by atoms with Crippen molar-refractivity contribution in [2.75, 3.05) is 11.9 Å². The van der Waals surface area contributed by atoms with E-state index in [9.17, 15) is 13.2 Å². The van der Waals surface area contributed by atoms with Crippen molar-refractivity contribution in [1.82, 2.24) is 4.98 Å². The largest absolute Gasteiger partial charge is 0.369 e. The van der Waals surface area contributed by atoms with Crippen LogP contribution in [0.3, 0.4) is 0 Å². The highest BCUT2D eigenvalue weighted by molar-refractivity contribution is 5.92. The Labute approximate surface area is 96.5 Å². The molecule has 0 aliphatic heterocycles. The number of aromatic nitrogens is 1. The summed E-state index contributed by atoms with van der Waals surface area (Å²) in [7, 11) is 0. The summed E-state index contributed by atoms with van der Waals surface area (Å²) in [4.78, 5) is 3.90. The molecule has 0 radical (unpaired) electrons. The normalized spacial score (nSPS) is 10.8. The Balaban J connectivity index is 2.69.